The smallest absolute Gasteiger partial charge is 0.231 e. The number of rotatable bonds is 8. The van der Waals surface area contributed by atoms with E-state index >= 15 is 0 Å². The fraction of sp³-hybridized carbons (Fsp3) is 0.867. The van der Waals surface area contributed by atoms with E-state index in [0.29, 0.717) is 17.2 Å². The van der Waals surface area contributed by atoms with Gasteiger partial charge >= 0.3 is 0 Å². The number of hydrogen-bond acceptors (Lipinski definition) is 5. The summed E-state index contributed by atoms with van der Waals surface area (Å²) in [7, 11) is 0. The SMILES string of the molecule is CCCNC1CCCC1c1nc(CSC(C)CC)no1. The zero-order valence-electron chi connectivity index (χ0n) is 12.9. The van der Waals surface area contributed by atoms with E-state index in [-0.39, 0.29) is 0 Å². The van der Waals surface area contributed by atoms with Gasteiger partial charge < -0.3 is 9.84 Å². The van der Waals surface area contributed by atoms with Gasteiger partial charge in [-0.2, -0.15) is 16.7 Å². The summed E-state index contributed by atoms with van der Waals surface area (Å²) in [4.78, 5) is 4.62. The Balaban J connectivity index is 1.90. The highest BCUT2D eigenvalue weighted by Gasteiger charge is 2.32. The minimum absolute atomic E-state index is 0.413. The van der Waals surface area contributed by atoms with Crippen LogP contribution in [0.25, 0.3) is 0 Å². The summed E-state index contributed by atoms with van der Waals surface area (Å²) < 4.78 is 5.51. The lowest BCUT2D eigenvalue weighted by molar-refractivity contribution is 0.328. The number of hydrogen-bond donors (Lipinski definition) is 1. The van der Waals surface area contributed by atoms with Gasteiger partial charge in [0, 0.05) is 11.3 Å². The summed E-state index contributed by atoms with van der Waals surface area (Å²) in [5.74, 6) is 2.97. The molecule has 0 amide bonds. The third-order valence-electron chi connectivity index (χ3n) is 4.05. The van der Waals surface area contributed by atoms with E-state index in [1.165, 1.54) is 32.1 Å². The minimum atomic E-state index is 0.413. The molecule has 5 heteroatoms. The maximum absolute atomic E-state index is 5.51. The molecule has 1 aliphatic carbocycles. The van der Waals surface area contributed by atoms with Crippen molar-refractivity contribution in [1.29, 1.82) is 0 Å². The van der Waals surface area contributed by atoms with E-state index in [9.17, 15) is 0 Å². The zero-order valence-corrected chi connectivity index (χ0v) is 13.7. The molecule has 0 spiro atoms. The van der Waals surface area contributed by atoms with Gasteiger partial charge in [-0.25, -0.2) is 0 Å². The molecule has 1 fully saturated rings. The first-order chi connectivity index (χ1) is 9.74. The molecule has 0 radical (unpaired) electrons. The fourth-order valence-corrected chi connectivity index (χ4v) is 3.43. The summed E-state index contributed by atoms with van der Waals surface area (Å²) in [6.07, 6.45) is 6.00. The second-order valence-corrected chi connectivity index (χ2v) is 7.10. The van der Waals surface area contributed by atoms with Crippen LogP contribution in [0.1, 0.15) is 70.5 Å². The van der Waals surface area contributed by atoms with Crippen LogP contribution in [0.5, 0.6) is 0 Å². The molecule has 2 rings (SSSR count). The van der Waals surface area contributed by atoms with Crippen LogP contribution >= 0.6 is 11.8 Å². The number of nitrogens with one attached hydrogen (secondary N) is 1. The highest BCUT2D eigenvalue weighted by atomic mass is 32.2. The largest absolute Gasteiger partial charge is 0.339 e. The molecule has 20 heavy (non-hydrogen) atoms. The van der Waals surface area contributed by atoms with E-state index in [4.69, 9.17) is 4.52 Å². The van der Waals surface area contributed by atoms with Gasteiger partial charge in [0.05, 0.1) is 11.7 Å². The van der Waals surface area contributed by atoms with Crippen molar-refractivity contribution in [3.8, 4) is 0 Å². The second kappa shape index (κ2) is 8.03. The molecule has 1 aliphatic rings. The Morgan fingerprint density at radius 2 is 2.25 bits per heavy atom. The molecule has 1 saturated carbocycles. The monoisotopic (exact) mass is 297 g/mol. The maximum atomic E-state index is 5.51. The van der Waals surface area contributed by atoms with Crippen molar-refractivity contribution >= 4 is 11.8 Å². The topological polar surface area (TPSA) is 51.0 Å². The van der Waals surface area contributed by atoms with Crippen molar-refractivity contribution in [1.82, 2.24) is 15.5 Å². The quantitative estimate of drug-likeness (QED) is 0.792. The molecule has 114 valence electrons. The van der Waals surface area contributed by atoms with Gasteiger partial charge in [-0.1, -0.05) is 32.3 Å². The Labute approximate surface area is 126 Å². The summed E-state index contributed by atoms with van der Waals surface area (Å²) >= 11 is 1.90. The molecule has 1 aromatic rings. The van der Waals surface area contributed by atoms with Crippen LogP contribution in [-0.4, -0.2) is 28.0 Å². The molecule has 0 aromatic carbocycles. The maximum Gasteiger partial charge on any atom is 0.231 e. The summed E-state index contributed by atoms with van der Waals surface area (Å²) in [6.45, 7) is 7.73. The molecule has 1 heterocycles. The van der Waals surface area contributed by atoms with Crippen LogP contribution in [0.3, 0.4) is 0 Å². The summed E-state index contributed by atoms with van der Waals surface area (Å²) in [5.41, 5.74) is 0. The molecule has 3 atom stereocenters. The second-order valence-electron chi connectivity index (χ2n) is 5.68. The Bertz CT molecular complexity index is 396. The average molecular weight is 297 g/mol. The minimum Gasteiger partial charge on any atom is -0.339 e. The van der Waals surface area contributed by atoms with E-state index in [0.717, 1.165) is 24.0 Å². The highest BCUT2D eigenvalue weighted by molar-refractivity contribution is 7.99. The molecule has 1 N–H and O–H groups in total. The predicted octanol–water partition coefficient (Wildman–Crippen LogP) is 3.74. The molecule has 3 unspecified atom stereocenters. The van der Waals surface area contributed by atoms with E-state index < -0.39 is 0 Å². The number of thioether (sulfide) groups is 1. The van der Waals surface area contributed by atoms with Gasteiger partial charge in [-0.05, 0) is 32.2 Å². The number of nitrogens with zero attached hydrogens (tertiary/aromatic N) is 2. The normalized spacial score (nSPS) is 24.1. The average Bonchev–Trinajstić information content (AvgIpc) is 3.10. The zero-order chi connectivity index (χ0) is 14.4. The van der Waals surface area contributed by atoms with Gasteiger partial charge in [-0.3, -0.25) is 0 Å². The first-order valence-corrected chi connectivity index (χ1v) is 8.96. The van der Waals surface area contributed by atoms with Crippen molar-refractivity contribution in [2.45, 2.75) is 75.8 Å². The molecular formula is C15H27N3OS. The summed E-state index contributed by atoms with van der Waals surface area (Å²) in [5, 5.41) is 8.42. The first-order valence-electron chi connectivity index (χ1n) is 7.92. The molecule has 0 aliphatic heterocycles. The Hall–Kier alpha value is -0.550. The fourth-order valence-electron chi connectivity index (χ4n) is 2.64. The van der Waals surface area contributed by atoms with E-state index in [1.54, 1.807) is 0 Å². The lowest BCUT2D eigenvalue weighted by Gasteiger charge is -2.17. The predicted molar refractivity (Wildman–Crippen MR) is 84.0 cm³/mol. The van der Waals surface area contributed by atoms with Gasteiger partial charge in [0.25, 0.3) is 0 Å². The lowest BCUT2D eigenvalue weighted by atomic mass is 10.0. The Kier molecular flexibility index (Phi) is 6.36. The van der Waals surface area contributed by atoms with Gasteiger partial charge in [0.1, 0.15) is 0 Å². The lowest BCUT2D eigenvalue weighted by Crippen LogP contribution is -2.31. The Morgan fingerprint density at radius 1 is 1.40 bits per heavy atom. The van der Waals surface area contributed by atoms with Crippen LogP contribution in [0.15, 0.2) is 4.52 Å². The molecule has 4 nitrogen and oxygen atoms in total. The standard InChI is InChI=1S/C15H27N3OS/c1-4-9-16-13-8-6-7-12(13)15-17-14(18-19-15)10-20-11(3)5-2/h11-13,16H,4-10H2,1-3H3. The van der Waals surface area contributed by atoms with Gasteiger partial charge in [-0.15, -0.1) is 0 Å². The number of aromatic nitrogens is 2. The van der Waals surface area contributed by atoms with Crippen LogP contribution in [0.2, 0.25) is 0 Å². The Morgan fingerprint density at radius 3 is 3.00 bits per heavy atom. The first kappa shape index (κ1) is 15.8. The third-order valence-corrected chi connectivity index (χ3v) is 5.37. The summed E-state index contributed by atoms with van der Waals surface area (Å²) in [6, 6.07) is 0.519. The molecule has 0 saturated heterocycles. The van der Waals surface area contributed by atoms with Crippen LogP contribution in [-0.2, 0) is 5.75 Å². The van der Waals surface area contributed by atoms with Crippen LogP contribution in [0.4, 0.5) is 0 Å². The van der Waals surface area contributed by atoms with Crippen LogP contribution < -0.4 is 5.32 Å². The highest BCUT2D eigenvalue weighted by Crippen LogP contribution is 2.34. The molecular weight excluding hydrogens is 270 g/mol. The van der Waals surface area contributed by atoms with E-state index in [2.05, 4.69) is 36.2 Å². The molecule has 0 bridgehead atoms. The van der Waals surface area contributed by atoms with Crippen molar-refractivity contribution in [3.63, 3.8) is 0 Å². The van der Waals surface area contributed by atoms with E-state index in [1.807, 2.05) is 11.8 Å². The third kappa shape index (κ3) is 4.22. The van der Waals surface area contributed by atoms with Crippen molar-refractivity contribution in [2.75, 3.05) is 6.54 Å². The van der Waals surface area contributed by atoms with Crippen molar-refractivity contribution < 1.29 is 4.52 Å². The van der Waals surface area contributed by atoms with Gasteiger partial charge in [0.15, 0.2) is 5.82 Å². The van der Waals surface area contributed by atoms with Crippen molar-refractivity contribution in [2.24, 2.45) is 0 Å². The van der Waals surface area contributed by atoms with Crippen molar-refractivity contribution in [3.05, 3.63) is 11.7 Å². The molecule has 1 aromatic heterocycles. The van der Waals surface area contributed by atoms with Gasteiger partial charge in [0.2, 0.25) is 5.89 Å². The van der Waals surface area contributed by atoms with Crippen LogP contribution in [0, 0.1) is 0 Å².